The molecule has 0 aliphatic heterocycles. The first-order valence-electron chi connectivity index (χ1n) is 8.09. The van der Waals surface area contributed by atoms with E-state index in [0.29, 0.717) is 24.7 Å². The summed E-state index contributed by atoms with van der Waals surface area (Å²) in [6.07, 6.45) is 0.864. The second-order valence-corrected chi connectivity index (χ2v) is 5.45. The summed E-state index contributed by atoms with van der Waals surface area (Å²) in [5.74, 6) is 1.61. The predicted molar refractivity (Wildman–Crippen MR) is 91.9 cm³/mol. The van der Waals surface area contributed by atoms with Gasteiger partial charge in [0, 0.05) is 6.42 Å². The van der Waals surface area contributed by atoms with Gasteiger partial charge in [0.25, 0.3) is 0 Å². The summed E-state index contributed by atoms with van der Waals surface area (Å²) < 4.78 is 10.6. The molecule has 2 aromatic carbocycles. The highest BCUT2D eigenvalue weighted by Crippen LogP contribution is 2.08. The second-order valence-electron chi connectivity index (χ2n) is 5.45. The molecule has 3 aromatic rings. The van der Waals surface area contributed by atoms with E-state index in [1.807, 2.05) is 60.7 Å². The summed E-state index contributed by atoms with van der Waals surface area (Å²) in [7, 11) is 0. The monoisotopic (exact) mass is 337 g/mol. The van der Waals surface area contributed by atoms with Crippen LogP contribution in [0.3, 0.4) is 0 Å². The van der Waals surface area contributed by atoms with Gasteiger partial charge in [0.05, 0.1) is 19.6 Å². The summed E-state index contributed by atoms with van der Waals surface area (Å²) >= 11 is 0. The molecular formula is C19H19N3O3. The number of carbonyl (C=O) groups is 1. The minimum atomic E-state index is -0.126. The molecule has 1 amide bonds. The fourth-order valence-electron chi connectivity index (χ4n) is 2.25. The van der Waals surface area contributed by atoms with Crippen LogP contribution in [0.15, 0.2) is 65.2 Å². The molecule has 0 saturated heterocycles. The van der Waals surface area contributed by atoms with E-state index < -0.39 is 0 Å². The zero-order chi connectivity index (χ0) is 17.3. The molecular weight excluding hydrogens is 318 g/mol. The van der Waals surface area contributed by atoms with E-state index in [4.69, 9.17) is 9.26 Å². The number of aromatic nitrogens is 2. The first-order chi connectivity index (χ1) is 12.3. The maximum absolute atomic E-state index is 11.8. The number of carbonyl (C=O) groups excluding carboxylic acids is 1. The van der Waals surface area contributed by atoms with Gasteiger partial charge in [-0.25, -0.2) is 0 Å². The summed E-state index contributed by atoms with van der Waals surface area (Å²) in [5, 5.41) is 6.68. The van der Waals surface area contributed by atoms with Gasteiger partial charge in [-0.1, -0.05) is 53.7 Å². The molecule has 6 nitrogen and oxygen atoms in total. The molecule has 0 aliphatic carbocycles. The van der Waals surface area contributed by atoms with Gasteiger partial charge in [-0.2, -0.15) is 4.98 Å². The van der Waals surface area contributed by atoms with Crippen molar-refractivity contribution in [3.05, 3.63) is 77.9 Å². The highest BCUT2D eigenvalue weighted by molar-refractivity contribution is 5.75. The fourth-order valence-corrected chi connectivity index (χ4v) is 2.25. The molecule has 3 rings (SSSR count). The zero-order valence-corrected chi connectivity index (χ0v) is 13.7. The van der Waals surface area contributed by atoms with Crippen LogP contribution in [0.4, 0.5) is 0 Å². The van der Waals surface area contributed by atoms with Crippen LogP contribution in [0.1, 0.15) is 23.7 Å². The van der Waals surface area contributed by atoms with Gasteiger partial charge in [-0.05, 0) is 17.7 Å². The largest absolute Gasteiger partial charge is 0.493 e. The van der Waals surface area contributed by atoms with Crippen LogP contribution in [0.25, 0.3) is 0 Å². The lowest BCUT2D eigenvalue weighted by Gasteiger charge is -2.05. The Kier molecular flexibility index (Phi) is 5.77. The minimum Gasteiger partial charge on any atom is -0.493 e. The average Bonchev–Trinajstić information content (AvgIpc) is 3.09. The molecule has 0 spiro atoms. The topological polar surface area (TPSA) is 77.2 Å². The van der Waals surface area contributed by atoms with Crippen molar-refractivity contribution in [2.75, 3.05) is 6.61 Å². The van der Waals surface area contributed by atoms with E-state index in [9.17, 15) is 4.79 Å². The number of hydrogen-bond donors (Lipinski definition) is 1. The van der Waals surface area contributed by atoms with Crippen molar-refractivity contribution < 1.29 is 14.1 Å². The van der Waals surface area contributed by atoms with Crippen molar-refractivity contribution in [3.63, 3.8) is 0 Å². The number of hydrogen-bond acceptors (Lipinski definition) is 5. The molecule has 1 heterocycles. The van der Waals surface area contributed by atoms with Gasteiger partial charge in [-0.3, -0.25) is 4.79 Å². The molecule has 0 aliphatic rings. The molecule has 0 radical (unpaired) electrons. The number of para-hydroxylation sites is 1. The third-order valence-corrected chi connectivity index (χ3v) is 3.49. The van der Waals surface area contributed by atoms with Gasteiger partial charge < -0.3 is 14.6 Å². The van der Waals surface area contributed by atoms with E-state index in [1.54, 1.807) is 0 Å². The summed E-state index contributed by atoms with van der Waals surface area (Å²) in [5.41, 5.74) is 1.11. The molecule has 0 unspecified atom stereocenters. The maximum Gasteiger partial charge on any atom is 0.246 e. The molecule has 6 heteroatoms. The SMILES string of the molecule is O=C(CCOc1ccccc1)NCc1nc(Cc2ccccc2)no1. The number of amides is 1. The first kappa shape index (κ1) is 16.7. The van der Waals surface area contributed by atoms with Gasteiger partial charge in [0.1, 0.15) is 5.75 Å². The van der Waals surface area contributed by atoms with E-state index >= 15 is 0 Å². The molecule has 0 fully saturated rings. The van der Waals surface area contributed by atoms with Crippen molar-refractivity contribution in [3.8, 4) is 5.75 Å². The Balaban J connectivity index is 1.39. The Morgan fingerprint density at radius 2 is 1.76 bits per heavy atom. The quantitative estimate of drug-likeness (QED) is 0.684. The van der Waals surface area contributed by atoms with Gasteiger partial charge in [0.15, 0.2) is 5.82 Å². The third kappa shape index (κ3) is 5.46. The van der Waals surface area contributed by atoms with E-state index in [2.05, 4.69) is 15.5 Å². The van der Waals surface area contributed by atoms with Crippen molar-refractivity contribution in [1.29, 1.82) is 0 Å². The van der Waals surface area contributed by atoms with Crippen LogP contribution < -0.4 is 10.1 Å². The first-order valence-corrected chi connectivity index (χ1v) is 8.09. The van der Waals surface area contributed by atoms with Crippen molar-refractivity contribution >= 4 is 5.91 Å². The Morgan fingerprint density at radius 3 is 2.52 bits per heavy atom. The van der Waals surface area contributed by atoms with Crippen LogP contribution in [-0.4, -0.2) is 22.7 Å². The Bertz CT molecular complexity index is 788. The lowest BCUT2D eigenvalue weighted by molar-refractivity contribution is -0.121. The van der Waals surface area contributed by atoms with Crippen LogP contribution >= 0.6 is 0 Å². The van der Waals surface area contributed by atoms with E-state index in [1.165, 1.54) is 0 Å². The fraction of sp³-hybridized carbons (Fsp3) is 0.211. The highest BCUT2D eigenvalue weighted by atomic mass is 16.5. The second kappa shape index (κ2) is 8.63. The molecule has 0 saturated carbocycles. The number of nitrogens with one attached hydrogen (secondary N) is 1. The third-order valence-electron chi connectivity index (χ3n) is 3.49. The van der Waals surface area contributed by atoms with Crippen LogP contribution in [0.5, 0.6) is 5.75 Å². The normalized spacial score (nSPS) is 10.4. The van der Waals surface area contributed by atoms with Gasteiger partial charge in [0.2, 0.25) is 11.8 Å². The molecule has 25 heavy (non-hydrogen) atoms. The zero-order valence-electron chi connectivity index (χ0n) is 13.7. The summed E-state index contributed by atoms with van der Waals surface area (Å²) in [6, 6.07) is 19.3. The Labute approximate surface area is 145 Å². The minimum absolute atomic E-state index is 0.126. The summed E-state index contributed by atoms with van der Waals surface area (Å²) in [6.45, 7) is 0.533. The lowest BCUT2D eigenvalue weighted by Crippen LogP contribution is -2.24. The number of nitrogens with zero attached hydrogens (tertiary/aromatic N) is 2. The molecule has 0 bridgehead atoms. The van der Waals surface area contributed by atoms with Gasteiger partial charge >= 0.3 is 0 Å². The Hall–Kier alpha value is -3.15. The standard InChI is InChI=1S/C19H19N3O3/c23-18(11-12-24-16-9-5-2-6-10-16)20-14-19-21-17(22-25-19)13-15-7-3-1-4-8-15/h1-10H,11-14H2,(H,20,23). The molecule has 1 N–H and O–H groups in total. The molecule has 128 valence electrons. The van der Waals surface area contributed by atoms with Crippen molar-refractivity contribution in [2.45, 2.75) is 19.4 Å². The molecule has 0 atom stereocenters. The van der Waals surface area contributed by atoms with Crippen LogP contribution in [0, 0.1) is 0 Å². The summed E-state index contributed by atoms with van der Waals surface area (Å²) in [4.78, 5) is 16.1. The number of rotatable bonds is 8. The maximum atomic E-state index is 11.8. The Morgan fingerprint density at radius 1 is 1.04 bits per heavy atom. The molecule has 1 aromatic heterocycles. The van der Waals surface area contributed by atoms with Crippen molar-refractivity contribution in [2.24, 2.45) is 0 Å². The van der Waals surface area contributed by atoms with Crippen LogP contribution in [-0.2, 0) is 17.8 Å². The highest BCUT2D eigenvalue weighted by Gasteiger charge is 2.09. The smallest absolute Gasteiger partial charge is 0.246 e. The number of ether oxygens (including phenoxy) is 1. The number of benzene rings is 2. The van der Waals surface area contributed by atoms with Crippen LogP contribution in [0.2, 0.25) is 0 Å². The lowest BCUT2D eigenvalue weighted by atomic mass is 10.1. The van der Waals surface area contributed by atoms with E-state index in [-0.39, 0.29) is 18.9 Å². The van der Waals surface area contributed by atoms with Crippen molar-refractivity contribution in [1.82, 2.24) is 15.5 Å². The average molecular weight is 337 g/mol. The van der Waals surface area contributed by atoms with Gasteiger partial charge in [-0.15, -0.1) is 0 Å². The predicted octanol–water partition coefficient (Wildman–Crippen LogP) is 2.75. The van der Waals surface area contributed by atoms with E-state index in [0.717, 1.165) is 11.3 Å².